The minimum absolute atomic E-state index is 0.421. The number of aliphatic imine (C=N–C) groups is 2. The highest BCUT2D eigenvalue weighted by molar-refractivity contribution is 8.16. The van der Waals surface area contributed by atoms with Gasteiger partial charge >= 0.3 is 0 Å². The van der Waals surface area contributed by atoms with Gasteiger partial charge in [-0.1, -0.05) is 61.0 Å². The van der Waals surface area contributed by atoms with E-state index in [-0.39, 0.29) is 0 Å². The number of para-hydroxylation sites is 2. The number of fused-ring (bicyclic) bond motifs is 1. The molecule has 2 unspecified atom stereocenters. The molecule has 0 saturated heterocycles. The molecular formula is C20H21N3S. The van der Waals surface area contributed by atoms with Crippen molar-refractivity contribution in [1.29, 1.82) is 0 Å². The van der Waals surface area contributed by atoms with Gasteiger partial charge in [0.1, 0.15) is 5.04 Å². The molecule has 1 aliphatic heterocycles. The quantitative estimate of drug-likeness (QED) is 0.810. The van der Waals surface area contributed by atoms with Crippen LogP contribution in [0.1, 0.15) is 25.7 Å². The summed E-state index contributed by atoms with van der Waals surface area (Å²) < 4.78 is 0. The highest BCUT2D eigenvalue weighted by atomic mass is 32.2. The third-order valence-electron chi connectivity index (χ3n) is 4.45. The lowest BCUT2D eigenvalue weighted by molar-refractivity contribution is 0.455. The monoisotopic (exact) mass is 335 g/mol. The molecule has 24 heavy (non-hydrogen) atoms. The van der Waals surface area contributed by atoms with Gasteiger partial charge in [-0.2, -0.15) is 0 Å². The Kier molecular flexibility index (Phi) is 4.65. The Morgan fingerprint density at radius 2 is 1.62 bits per heavy atom. The molecule has 0 bridgehead atoms. The number of rotatable bonds is 2. The Hall–Kier alpha value is -2.07. The summed E-state index contributed by atoms with van der Waals surface area (Å²) in [6.07, 6.45) is 5.03. The van der Waals surface area contributed by atoms with E-state index in [0.717, 1.165) is 22.3 Å². The molecule has 3 nitrogen and oxygen atoms in total. The highest BCUT2D eigenvalue weighted by Gasteiger charge is 2.33. The van der Waals surface area contributed by atoms with Gasteiger partial charge in [0, 0.05) is 10.9 Å². The van der Waals surface area contributed by atoms with Crippen LogP contribution in [0.4, 0.5) is 11.4 Å². The highest BCUT2D eigenvalue weighted by Crippen LogP contribution is 2.36. The lowest BCUT2D eigenvalue weighted by atomic mass is 9.95. The molecule has 4 rings (SSSR count). The number of benzene rings is 2. The van der Waals surface area contributed by atoms with E-state index in [1.165, 1.54) is 25.7 Å². The molecule has 1 aliphatic carbocycles. The Morgan fingerprint density at radius 3 is 2.42 bits per heavy atom. The van der Waals surface area contributed by atoms with Crippen LogP contribution in [0.25, 0.3) is 0 Å². The molecule has 4 heteroatoms. The van der Waals surface area contributed by atoms with E-state index in [0.29, 0.717) is 11.3 Å². The van der Waals surface area contributed by atoms with Crippen molar-refractivity contribution < 1.29 is 0 Å². The zero-order chi connectivity index (χ0) is 16.2. The van der Waals surface area contributed by atoms with Crippen molar-refractivity contribution >= 4 is 34.0 Å². The summed E-state index contributed by atoms with van der Waals surface area (Å²) in [5.74, 6) is 0.915. The second kappa shape index (κ2) is 7.22. The van der Waals surface area contributed by atoms with Gasteiger partial charge in [-0.3, -0.25) is 4.99 Å². The smallest absolute Gasteiger partial charge is 0.158 e. The van der Waals surface area contributed by atoms with Gasteiger partial charge in [-0.15, -0.1) is 0 Å². The number of nitrogens with zero attached hydrogens (tertiary/aromatic N) is 2. The van der Waals surface area contributed by atoms with Crippen LogP contribution in [-0.2, 0) is 0 Å². The zero-order valence-corrected chi connectivity index (χ0v) is 14.4. The standard InChI is InChI=1S/C20H21N3S/c1-3-9-15(10-4-1)21-19-20(22-16-11-5-2-6-12-16)24-18-14-8-7-13-17(18)23-19/h1-6,9-12,17-18H,7-8,13-14H2,(H,21,23). The Balaban J connectivity index is 1.67. The van der Waals surface area contributed by atoms with Crippen LogP contribution >= 0.6 is 11.8 Å². The van der Waals surface area contributed by atoms with Gasteiger partial charge in [-0.05, 0) is 37.1 Å². The maximum atomic E-state index is 5.03. The summed E-state index contributed by atoms with van der Waals surface area (Å²) >= 11 is 1.89. The molecule has 1 fully saturated rings. The van der Waals surface area contributed by atoms with Crippen molar-refractivity contribution in [2.24, 2.45) is 9.98 Å². The zero-order valence-electron chi connectivity index (χ0n) is 13.6. The molecule has 0 amide bonds. The number of anilines is 1. The molecular weight excluding hydrogens is 314 g/mol. The predicted octanol–water partition coefficient (Wildman–Crippen LogP) is 5.29. The molecule has 122 valence electrons. The van der Waals surface area contributed by atoms with Crippen LogP contribution in [0.3, 0.4) is 0 Å². The maximum Gasteiger partial charge on any atom is 0.158 e. The number of hydrogen-bond donors (Lipinski definition) is 1. The summed E-state index contributed by atoms with van der Waals surface area (Å²) in [6, 6.07) is 20.8. The fraction of sp³-hybridized carbons (Fsp3) is 0.300. The van der Waals surface area contributed by atoms with Crippen LogP contribution < -0.4 is 5.32 Å². The van der Waals surface area contributed by atoms with Crippen molar-refractivity contribution in [2.75, 3.05) is 5.32 Å². The second-order valence-electron chi connectivity index (χ2n) is 6.23. The molecule has 2 aromatic carbocycles. The van der Waals surface area contributed by atoms with Crippen molar-refractivity contribution in [3.05, 3.63) is 60.7 Å². The van der Waals surface area contributed by atoms with E-state index < -0.39 is 0 Å². The number of nitrogens with one attached hydrogen (secondary N) is 1. The number of hydrogen-bond acceptors (Lipinski definition) is 4. The molecule has 2 aliphatic rings. The van der Waals surface area contributed by atoms with Crippen molar-refractivity contribution in [3.8, 4) is 0 Å². The van der Waals surface area contributed by atoms with Crippen molar-refractivity contribution in [2.45, 2.75) is 37.0 Å². The average Bonchev–Trinajstić information content (AvgIpc) is 2.64. The van der Waals surface area contributed by atoms with Crippen LogP contribution in [0.5, 0.6) is 0 Å². The summed E-state index contributed by atoms with van der Waals surface area (Å²) in [5, 5.41) is 5.06. The molecule has 0 radical (unpaired) electrons. The van der Waals surface area contributed by atoms with Gasteiger partial charge in [-0.25, -0.2) is 4.99 Å². The van der Waals surface area contributed by atoms with E-state index in [1.807, 2.05) is 60.3 Å². The maximum absolute atomic E-state index is 5.03. The summed E-state index contributed by atoms with van der Waals surface area (Å²) in [4.78, 5) is 9.90. The van der Waals surface area contributed by atoms with E-state index in [4.69, 9.17) is 9.98 Å². The van der Waals surface area contributed by atoms with Gasteiger partial charge in [0.15, 0.2) is 5.84 Å². The first kappa shape index (κ1) is 15.5. The molecule has 2 aromatic rings. The van der Waals surface area contributed by atoms with Crippen molar-refractivity contribution in [1.82, 2.24) is 0 Å². The predicted molar refractivity (Wildman–Crippen MR) is 105 cm³/mol. The fourth-order valence-electron chi connectivity index (χ4n) is 3.23. The topological polar surface area (TPSA) is 36.8 Å². The van der Waals surface area contributed by atoms with E-state index >= 15 is 0 Å². The average molecular weight is 335 g/mol. The summed E-state index contributed by atoms with van der Waals surface area (Å²) in [5.41, 5.74) is 2.05. The Labute approximate surface area is 147 Å². The first-order valence-corrected chi connectivity index (χ1v) is 9.47. The lowest BCUT2D eigenvalue weighted by Crippen LogP contribution is -2.37. The fourth-order valence-corrected chi connectivity index (χ4v) is 4.52. The van der Waals surface area contributed by atoms with E-state index in [2.05, 4.69) is 17.4 Å². The largest absolute Gasteiger partial charge is 0.338 e. The lowest BCUT2D eigenvalue weighted by Gasteiger charge is -2.33. The van der Waals surface area contributed by atoms with E-state index in [9.17, 15) is 0 Å². The molecule has 1 N–H and O–H groups in total. The molecule has 1 heterocycles. The minimum atomic E-state index is 0.421. The molecule has 0 spiro atoms. The minimum Gasteiger partial charge on any atom is -0.338 e. The van der Waals surface area contributed by atoms with Crippen LogP contribution in [-0.4, -0.2) is 22.2 Å². The molecule has 2 atom stereocenters. The molecule has 0 aromatic heterocycles. The molecule has 1 saturated carbocycles. The Bertz CT molecular complexity index is 740. The first-order valence-electron chi connectivity index (χ1n) is 8.59. The third kappa shape index (κ3) is 3.54. The summed E-state index contributed by atoms with van der Waals surface area (Å²) in [7, 11) is 0. The number of thioether (sulfide) groups is 1. The van der Waals surface area contributed by atoms with Crippen LogP contribution in [0.15, 0.2) is 70.6 Å². The normalized spacial score (nSPS) is 25.0. The van der Waals surface area contributed by atoms with E-state index in [1.54, 1.807) is 0 Å². The third-order valence-corrected chi connectivity index (χ3v) is 5.81. The van der Waals surface area contributed by atoms with Crippen molar-refractivity contribution in [3.63, 3.8) is 0 Å². The van der Waals surface area contributed by atoms with Gasteiger partial charge < -0.3 is 5.32 Å². The Morgan fingerprint density at radius 1 is 0.917 bits per heavy atom. The van der Waals surface area contributed by atoms with Gasteiger partial charge in [0.2, 0.25) is 0 Å². The van der Waals surface area contributed by atoms with Gasteiger partial charge in [0.25, 0.3) is 0 Å². The van der Waals surface area contributed by atoms with Crippen LogP contribution in [0, 0.1) is 0 Å². The summed E-state index contributed by atoms with van der Waals surface area (Å²) in [6.45, 7) is 0. The van der Waals surface area contributed by atoms with Gasteiger partial charge in [0.05, 0.1) is 11.7 Å². The number of amidine groups is 1. The van der Waals surface area contributed by atoms with Crippen LogP contribution in [0.2, 0.25) is 0 Å². The second-order valence-corrected chi connectivity index (χ2v) is 7.46. The first-order chi connectivity index (χ1) is 11.9. The SMILES string of the molecule is c1ccc(N=C2SC3CCCCC3N=C2Nc2ccccc2)cc1.